The fourth-order valence-corrected chi connectivity index (χ4v) is 2.06. The van der Waals surface area contributed by atoms with Gasteiger partial charge in [0, 0.05) is 19.9 Å². The van der Waals surface area contributed by atoms with Crippen molar-refractivity contribution < 1.29 is 19.4 Å². The standard InChI is InChI=1S/C13H17NO4/c1-17-13(18-2)8-14(9-13)11-5-3-10(4-6-11)7-12(15)16/h3-6H,7-9H2,1-2H3,(H,15,16). The van der Waals surface area contributed by atoms with Gasteiger partial charge in [-0.2, -0.15) is 0 Å². The van der Waals surface area contributed by atoms with Crippen LogP contribution in [-0.2, 0) is 20.7 Å². The number of carboxylic acid groups (broad SMARTS) is 1. The average molecular weight is 251 g/mol. The van der Waals surface area contributed by atoms with E-state index in [9.17, 15) is 4.79 Å². The molecule has 1 aliphatic heterocycles. The summed E-state index contributed by atoms with van der Waals surface area (Å²) in [5.41, 5.74) is 1.85. The minimum absolute atomic E-state index is 0.0559. The minimum atomic E-state index is -0.815. The Morgan fingerprint density at radius 2 is 1.83 bits per heavy atom. The smallest absolute Gasteiger partial charge is 0.307 e. The number of anilines is 1. The zero-order valence-electron chi connectivity index (χ0n) is 10.5. The summed E-state index contributed by atoms with van der Waals surface area (Å²) in [7, 11) is 3.27. The van der Waals surface area contributed by atoms with E-state index < -0.39 is 11.8 Å². The molecule has 1 saturated heterocycles. The first kappa shape index (κ1) is 12.9. The molecule has 0 amide bonds. The molecule has 5 heteroatoms. The minimum Gasteiger partial charge on any atom is -0.481 e. The SMILES string of the molecule is COC1(OC)CN(c2ccc(CC(=O)O)cc2)C1. The molecule has 2 rings (SSSR count). The average Bonchev–Trinajstić information content (AvgIpc) is 2.30. The molecular weight excluding hydrogens is 234 g/mol. The van der Waals surface area contributed by atoms with Gasteiger partial charge in [0.05, 0.1) is 19.5 Å². The topological polar surface area (TPSA) is 59.0 Å². The van der Waals surface area contributed by atoms with Crippen molar-refractivity contribution in [1.29, 1.82) is 0 Å². The first-order chi connectivity index (χ1) is 8.58. The van der Waals surface area contributed by atoms with E-state index in [1.54, 1.807) is 14.2 Å². The van der Waals surface area contributed by atoms with E-state index in [2.05, 4.69) is 4.90 Å². The summed E-state index contributed by atoms with van der Waals surface area (Å²) in [6.45, 7) is 1.36. The number of hydrogen-bond donors (Lipinski definition) is 1. The normalized spacial score (nSPS) is 17.3. The van der Waals surface area contributed by atoms with Gasteiger partial charge in [0.1, 0.15) is 0 Å². The van der Waals surface area contributed by atoms with Crippen LogP contribution in [0.4, 0.5) is 5.69 Å². The van der Waals surface area contributed by atoms with Gasteiger partial charge in [-0.3, -0.25) is 4.79 Å². The highest BCUT2D eigenvalue weighted by molar-refractivity contribution is 5.70. The first-order valence-corrected chi connectivity index (χ1v) is 5.74. The van der Waals surface area contributed by atoms with Gasteiger partial charge in [0.25, 0.3) is 0 Å². The Balaban J connectivity index is 1.98. The van der Waals surface area contributed by atoms with Crippen LogP contribution in [0.1, 0.15) is 5.56 Å². The molecule has 0 saturated carbocycles. The van der Waals surface area contributed by atoms with Crippen molar-refractivity contribution in [2.24, 2.45) is 0 Å². The zero-order valence-corrected chi connectivity index (χ0v) is 10.5. The second kappa shape index (κ2) is 4.96. The summed E-state index contributed by atoms with van der Waals surface area (Å²) in [5, 5.41) is 8.69. The predicted molar refractivity (Wildman–Crippen MR) is 66.7 cm³/mol. The first-order valence-electron chi connectivity index (χ1n) is 5.74. The van der Waals surface area contributed by atoms with Crippen LogP contribution in [0.15, 0.2) is 24.3 Å². The van der Waals surface area contributed by atoms with Gasteiger partial charge in [0.2, 0.25) is 5.79 Å². The summed E-state index contributed by atoms with van der Waals surface area (Å²) >= 11 is 0. The lowest BCUT2D eigenvalue weighted by Gasteiger charge is -2.48. The predicted octanol–water partition coefficient (Wildman–Crippen LogP) is 1.12. The van der Waals surface area contributed by atoms with E-state index in [4.69, 9.17) is 14.6 Å². The van der Waals surface area contributed by atoms with Crippen molar-refractivity contribution in [3.63, 3.8) is 0 Å². The van der Waals surface area contributed by atoms with Crippen LogP contribution in [0, 0.1) is 0 Å². The number of aliphatic carboxylic acids is 1. The summed E-state index contributed by atoms with van der Waals surface area (Å²) < 4.78 is 10.6. The molecule has 1 aromatic rings. The molecule has 5 nitrogen and oxygen atoms in total. The van der Waals surface area contributed by atoms with Crippen LogP contribution in [0.3, 0.4) is 0 Å². The van der Waals surface area contributed by atoms with Crippen LogP contribution >= 0.6 is 0 Å². The Kier molecular flexibility index (Phi) is 3.54. The Bertz CT molecular complexity index is 417. The molecule has 0 bridgehead atoms. The van der Waals surface area contributed by atoms with Crippen LogP contribution in [0.2, 0.25) is 0 Å². The summed E-state index contributed by atoms with van der Waals surface area (Å²) in [4.78, 5) is 12.7. The van der Waals surface area contributed by atoms with Gasteiger partial charge in [-0.1, -0.05) is 12.1 Å². The highest BCUT2D eigenvalue weighted by Crippen LogP contribution is 2.30. The lowest BCUT2D eigenvalue weighted by atomic mass is 10.0. The van der Waals surface area contributed by atoms with E-state index in [1.165, 1.54) is 0 Å². The quantitative estimate of drug-likeness (QED) is 0.795. The molecule has 98 valence electrons. The van der Waals surface area contributed by atoms with Crippen molar-refractivity contribution in [1.82, 2.24) is 0 Å². The second-order valence-corrected chi connectivity index (χ2v) is 4.41. The molecule has 1 fully saturated rings. The van der Waals surface area contributed by atoms with Crippen molar-refractivity contribution in [2.75, 3.05) is 32.2 Å². The number of benzene rings is 1. The van der Waals surface area contributed by atoms with Gasteiger partial charge in [-0.15, -0.1) is 0 Å². The van der Waals surface area contributed by atoms with E-state index in [-0.39, 0.29) is 6.42 Å². The number of carbonyl (C=O) groups is 1. The molecule has 0 aliphatic carbocycles. The van der Waals surface area contributed by atoms with Gasteiger partial charge in [0.15, 0.2) is 0 Å². The highest BCUT2D eigenvalue weighted by Gasteiger charge is 2.43. The fraction of sp³-hybridized carbons (Fsp3) is 0.462. The highest BCUT2D eigenvalue weighted by atomic mass is 16.7. The van der Waals surface area contributed by atoms with Gasteiger partial charge in [-0.25, -0.2) is 0 Å². The molecule has 0 aromatic heterocycles. The van der Waals surface area contributed by atoms with Gasteiger partial charge < -0.3 is 19.5 Å². The molecule has 1 N–H and O–H groups in total. The molecule has 0 spiro atoms. The largest absolute Gasteiger partial charge is 0.481 e. The Morgan fingerprint density at radius 3 is 2.28 bits per heavy atom. The van der Waals surface area contributed by atoms with Gasteiger partial charge >= 0.3 is 5.97 Å². The number of ether oxygens (including phenoxy) is 2. The van der Waals surface area contributed by atoms with E-state index >= 15 is 0 Å². The number of carboxylic acids is 1. The van der Waals surface area contributed by atoms with E-state index in [0.717, 1.165) is 11.3 Å². The van der Waals surface area contributed by atoms with Crippen LogP contribution < -0.4 is 4.90 Å². The maximum absolute atomic E-state index is 10.6. The molecule has 0 atom stereocenters. The molecule has 0 radical (unpaired) electrons. The Labute approximate surface area is 106 Å². The molecule has 0 unspecified atom stereocenters. The molecule has 18 heavy (non-hydrogen) atoms. The molecule has 1 aliphatic rings. The molecular formula is C13H17NO4. The van der Waals surface area contributed by atoms with E-state index in [1.807, 2.05) is 24.3 Å². The number of nitrogens with zero attached hydrogens (tertiary/aromatic N) is 1. The van der Waals surface area contributed by atoms with Gasteiger partial charge in [-0.05, 0) is 17.7 Å². The summed E-state index contributed by atoms with van der Waals surface area (Å²) in [6, 6.07) is 7.52. The maximum Gasteiger partial charge on any atom is 0.307 e. The van der Waals surface area contributed by atoms with Crippen molar-refractivity contribution in [2.45, 2.75) is 12.2 Å². The lowest BCUT2D eigenvalue weighted by molar-refractivity contribution is -0.219. The number of rotatable bonds is 5. The monoisotopic (exact) mass is 251 g/mol. The third-order valence-corrected chi connectivity index (χ3v) is 3.26. The molecule has 1 heterocycles. The van der Waals surface area contributed by atoms with Crippen molar-refractivity contribution in [3.05, 3.63) is 29.8 Å². The maximum atomic E-state index is 10.6. The van der Waals surface area contributed by atoms with Crippen molar-refractivity contribution >= 4 is 11.7 Å². The third-order valence-electron chi connectivity index (χ3n) is 3.26. The summed E-state index contributed by atoms with van der Waals surface area (Å²) in [6.07, 6.45) is 0.0559. The van der Waals surface area contributed by atoms with Crippen LogP contribution in [-0.4, -0.2) is 44.2 Å². The zero-order chi connectivity index (χ0) is 13.2. The molecule has 1 aromatic carbocycles. The fourth-order valence-electron chi connectivity index (χ4n) is 2.06. The van der Waals surface area contributed by atoms with Crippen LogP contribution in [0.25, 0.3) is 0 Å². The second-order valence-electron chi connectivity index (χ2n) is 4.41. The van der Waals surface area contributed by atoms with E-state index in [0.29, 0.717) is 13.1 Å². The number of hydrogen-bond acceptors (Lipinski definition) is 4. The van der Waals surface area contributed by atoms with Crippen molar-refractivity contribution in [3.8, 4) is 0 Å². The third kappa shape index (κ3) is 2.47. The summed E-state index contributed by atoms with van der Waals surface area (Å²) in [5.74, 6) is -1.32. The lowest BCUT2D eigenvalue weighted by Crippen LogP contribution is -2.64. The van der Waals surface area contributed by atoms with Crippen LogP contribution in [0.5, 0.6) is 0 Å². The Hall–Kier alpha value is -1.59. The Morgan fingerprint density at radius 1 is 1.28 bits per heavy atom. The number of methoxy groups -OCH3 is 2.